The fourth-order valence-electron chi connectivity index (χ4n) is 6.50. The molecule has 3 saturated carbocycles. The maximum Gasteiger partial charge on any atom is 0.178 e. The Labute approximate surface area is 143 Å². The second kappa shape index (κ2) is 4.91. The number of carbonyl (C=O) groups excluding carboxylic acids is 1. The average Bonchev–Trinajstić information content (AvgIpc) is 2.74. The summed E-state index contributed by atoms with van der Waals surface area (Å²) in [5.41, 5.74) is 2.74. The van der Waals surface area contributed by atoms with Crippen molar-refractivity contribution in [2.24, 2.45) is 28.6 Å². The van der Waals surface area contributed by atoms with Gasteiger partial charge in [-0.3, -0.25) is 4.79 Å². The molecule has 1 N–H and O–H groups in total. The second-order valence-electron chi connectivity index (χ2n) is 8.92. The van der Waals surface area contributed by atoms with Crippen LogP contribution in [0.15, 0.2) is 35.5 Å². The molecule has 0 amide bonds. The van der Waals surface area contributed by atoms with Gasteiger partial charge in [0.05, 0.1) is 6.10 Å². The van der Waals surface area contributed by atoms with Crippen molar-refractivity contribution in [1.82, 2.24) is 0 Å². The van der Waals surface area contributed by atoms with Gasteiger partial charge in [-0.05, 0) is 73.5 Å². The van der Waals surface area contributed by atoms with E-state index in [4.69, 9.17) is 0 Å². The highest BCUT2D eigenvalue weighted by Gasteiger charge is 2.62. The molecule has 0 heterocycles. The third-order valence-corrected chi connectivity index (χ3v) is 8.00. The highest BCUT2D eigenvalue weighted by molar-refractivity contribution is 6.02. The number of halogens is 1. The van der Waals surface area contributed by atoms with Crippen molar-refractivity contribution in [3.63, 3.8) is 0 Å². The van der Waals surface area contributed by atoms with E-state index in [9.17, 15) is 14.3 Å². The third-order valence-electron chi connectivity index (χ3n) is 8.00. The van der Waals surface area contributed by atoms with Gasteiger partial charge < -0.3 is 5.11 Å². The Hall–Kier alpha value is -1.22. The predicted octanol–water partition coefficient (Wildman–Crippen LogP) is 4.16. The monoisotopic (exact) mass is 330 g/mol. The van der Waals surface area contributed by atoms with Crippen LogP contribution >= 0.6 is 0 Å². The van der Waals surface area contributed by atoms with E-state index < -0.39 is 12.3 Å². The first-order valence-corrected chi connectivity index (χ1v) is 9.14. The molecule has 0 aromatic heterocycles. The number of rotatable bonds is 0. The van der Waals surface area contributed by atoms with E-state index in [1.807, 2.05) is 0 Å². The quantitative estimate of drug-likeness (QED) is 0.724. The summed E-state index contributed by atoms with van der Waals surface area (Å²) in [4.78, 5) is 12.0. The number of fused-ring (bicyclic) bond motifs is 5. The van der Waals surface area contributed by atoms with Gasteiger partial charge in [-0.25, -0.2) is 4.39 Å². The molecule has 0 radical (unpaired) electrons. The molecule has 24 heavy (non-hydrogen) atoms. The molecule has 0 aliphatic heterocycles. The van der Waals surface area contributed by atoms with Gasteiger partial charge in [0.1, 0.15) is 6.17 Å². The number of aliphatic hydroxyl groups is 1. The SMILES string of the molecule is C=C1C[C@@H]2[C@H](CC[C@]3(C)[C@@H](O)C(F)C[C@@H]23)[C@@]2(C)C(C)=CC(=O)C=C12. The predicted molar refractivity (Wildman–Crippen MR) is 92.0 cm³/mol. The highest BCUT2D eigenvalue weighted by atomic mass is 19.1. The Morgan fingerprint density at radius 2 is 2.00 bits per heavy atom. The summed E-state index contributed by atoms with van der Waals surface area (Å²) in [6, 6.07) is 0. The summed E-state index contributed by atoms with van der Waals surface area (Å²) < 4.78 is 14.3. The van der Waals surface area contributed by atoms with Crippen LogP contribution in [0.5, 0.6) is 0 Å². The lowest BCUT2D eigenvalue weighted by Crippen LogP contribution is -2.52. The molecule has 3 heteroatoms. The maximum absolute atomic E-state index is 14.3. The molecule has 1 unspecified atom stereocenters. The van der Waals surface area contributed by atoms with Crippen LogP contribution in [0.25, 0.3) is 0 Å². The normalized spacial score (nSPS) is 50.6. The number of allylic oxidation sites excluding steroid dienone is 5. The molecule has 0 spiro atoms. The smallest absolute Gasteiger partial charge is 0.178 e. The number of alkyl halides is 1. The first kappa shape index (κ1) is 16.3. The minimum atomic E-state index is -1.11. The minimum Gasteiger partial charge on any atom is -0.390 e. The molecule has 0 aromatic carbocycles. The summed E-state index contributed by atoms with van der Waals surface area (Å²) in [6.07, 6.45) is 4.69. The van der Waals surface area contributed by atoms with E-state index >= 15 is 0 Å². The Morgan fingerprint density at radius 3 is 2.71 bits per heavy atom. The first-order chi connectivity index (χ1) is 11.2. The largest absolute Gasteiger partial charge is 0.390 e. The van der Waals surface area contributed by atoms with Gasteiger partial charge >= 0.3 is 0 Å². The number of ketones is 1. The van der Waals surface area contributed by atoms with E-state index in [2.05, 4.69) is 27.4 Å². The summed E-state index contributed by atoms with van der Waals surface area (Å²) in [5, 5.41) is 10.4. The van der Waals surface area contributed by atoms with Crippen LogP contribution in [0.2, 0.25) is 0 Å². The molecule has 0 saturated heterocycles. The van der Waals surface area contributed by atoms with Crippen molar-refractivity contribution in [3.05, 3.63) is 35.5 Å². The Bertz CT molecular complexity index is 690. The van der Waals surface area contributed by atoms with Gasteiger partial charge in [-0.2, -0.15) is 0 Å². The Kier molecular flexibility index (Phi) is 3.32. The summed E-state index contributed by atoms with van der Waals surface area (Å²) in [6.45, 7) is 10.6. The van der Waals surface area contributed by atoms with Gasteiger partial charge in [0.15, 0.2) is 5.78 Å². The van der Waals surface area contributed by atoms with Crippen LogP contribution < -0.4 is 0 Å². The average molecular weight is 330 g/mol. The zero-order valence-electron chi connectivity index (χ0n) is 14.8. The zero-order chi connectivity index (χ0) is 17.4. The lowest BCUT2D eigenvalue weighted by Gasteiger charge is -2.58. The lowest BCUT2D eigenvalue weighted by molar-refractivity contribution is -0.111. The van der Waals surface area contributed by atoms with E-state index in [0.29, 0.717) is 18.3 Å². The zero-order valence-corrected chi connectivity index (χ0v) is 14.8. The van der Waals surface area contributed by atoms with Crippen molar-refractivity contribution in [2.75, 3.05) is 0 Å². The Morgan fingerprint density at radius 1 is 1.29 bits per heavy atom. The van der Waals surface area contributed by atoms with Crippen molar-refractivity contribution in [3.8, 4) is 0 Å². The summed E-state index contributed by atoms with van der Waals surface area (Å²) in [7, 11) is 0. The minimum absolute atomic E-state index is 0.0559. The fraction of sp³-hybridized carbons (Fsp3) is 0.667. The van der Waals surface area contributed by atoms with Crippen LogP contribution in [-0.2, 0) is 4.79 Å². The molecule has 0 aromatic rings. The topological polar surface area (TPSA) is 37.3 Å². The van der Waals surface area contributed by atoms with Crippen molar-refractivity contribution >= 4 is 5.78 Å². The lowest BCUT2D eigenvalue weighted by atomic mass is 9.46. The van der Waals surface area contributed by atoms with E-state index in [0.717, 1.165) is 36.0 Å². The Balaban J connectivity index is 1.79. The first-order valence-electron chi connectivity index (χ1n) is 9.14. The van der Waals surface area contributed by atoms with E-state index in [-0.39, 0.29) is 22.5 Å². The van der Waals surface area contributed by atoms with Crippen molar-refractivity contribution < 1.29 is 14.3 Å². The van der Waals surface area contributed by atoms with Gasteiger partial charge in [-0.1, -0.05) is 31.6 Å². The van der Waals surface area contributed by atoms with Gasteiger partial charge in [0.25, 0.3) is 0 Å². The molecule has 2 nitrogen and oxygen atoms in total. The van der Waals surface area contributed by atoms with E-state index in [1.54, 1.807) is 12.2 Å². The van der Waals surface area contributed by atoms with Gasteiger partial charge in [-0.15, -0.1) is 0 Å². The molecule has 130 valence electrons. The molecule has 0 bridgehead atoms. The van der Waals surface area contributed by atoms with Crippen LogP contribution in [0.4, 0.5) is 4.39 Å². The summed E-state index contributed by atoms with van der Waals surface area (Å²) >= 11 is 0. The molecule has 4 aliphatic rings. The van der Waals surface area contributed by atoms with E-state index in [1.165, 1.54) is 0 Å². The molecule has 3 fully saturated rings. The molecular formula is C21H27FO2. The van der Waals surface area contributed by atoms with Crippen molar-refractivity contribution in [2.45, 2.75) is 58.7 Å². The third kappa shape index (κ3) is 1.82. The molecule has 4 aliphatic carbocycles. The molecular weight excluding hydrogens is 303 g/mol. The highest BCUT2D eigenvalue weighted by Crippen LogP contribution is 2.66. The van der Waals surface area contributed by atoms with Gasteiger partial charge in [0.2, 0.25) is 0 Å². The number of carbonyl (C=O) groups is 1. The summed E-state index contributed by atoms with van der Waals surface area (Å²) in [5.74, 6) is 0.988. The van der Waals surface area contributed by atoms with Crippen LogP contribution in [0.1, 0.15) is 46.5 Å². The molecule has 4 rings (SSSR count). The number of aliphatic hydroxyl groups excluding tert-OH is 1. The van der Waals surface area contributed by atoms with Crippen molar-refractivity contribution in [1.29, 1.82) is 0 Å². The maximum atomic E-state index is 14.3. The fourth-order valence-corrected chi connectivity index (χ4v) is 6.50. The number of hydrogen-bond acceptors (Lipinski definition) is 2. The second-order valence-corrected chi connectivity index (χ2v) is 8.92. The standard InChI is InChI=1S/C21H27FO2/c1-11-7-14-15(21(4)12(2)8-13(23)9-16(11)21)5-6-20(3)17(14)10-18(22)19(20)24/h8-9,14-15,17-19,24H,1,5-7,10H2,2-4H3/t14-,15+,17+,18?,19+,20+,21-/m1/s1. The molecule has 7 atom stereocenters. The van der Waals surface area contributed by atoms with Crippen LogP contribution in [0, 0.1) is 28.6 Å². The number of hydrogen-bond donors (Lipinski definition) is 1. The van der Waals surface area contributed by atoms with Crippen LogP contribution in [-0.4, -0.2) is 23.2 Å². The van der Waals surface area contributed by atoms with Gasteiger partial charge in [0, 0.05) is 5.41 Å². The van der Waals surface area contributed by atoms with Crippen LogP contribution in [0.3, 0.4) is 0 Å².